The summed E-state index contributed by atoms with van der Waals surface area (Å²) in [6.07, 6.45) is -4.99. The average Bonchev–Trinajstić information content (AvgIpc) is 2.50. The molecule has 0 aliphatic rings. The van der Waals surface area contributed by atoms with E-state index in [4.69, 9.17) is 26.8 Å². The normalized spacial score (nSPS) is 16.2. The molecule has 0 amide bonds. The first kappa shape index (κ1) is 21.2. The summed E-state index contributed by atoms with van der Waals surface area (Å²) >= 11 is 0. The summed E-state index contributed by atoms with van der Waals surface area (Å²) in [5.41, 5.74) is 10.3. The zero-order valence-electron chi connectivity index (χ0n) is 12.5. The number of nitrogens with two attached hydrogens (primary N) is 2. The minimum Gasteiger partial charge on any atom is -0.480 e. The van der Waals surface area contributed by atoms with E-state index in [2.05, 4.69) is 10.3 Å². The summed E-state index contributed by atoms with van der Waals surface area (Å²) in [7, 11) is 0. The number of nitrogens with zero attached hydrogens (tertiary/aromatic N) is 1. The summed E-state index contributed by atoms with van der Waals surface area (Å²) in [5.74, 6) is -2.23. The van der Waals surface area contributed by atoms with Gasteiger partial charge in [0.05, 0.1) is 13.2 Å². The number of nitrogens with one attached hydrogen (secondary N) is 1. The number of carboxylic acids is 1. The maximum atomic E-state index is 11.6. The van der Waals surface area contributed by atoms with Crippen molar-refractivity contribution in [3.05, 3.63) is 0 Å². The van der Waals surface area contributed by atoms with Crippen LogP contribution in [-0.4, -0.2) is 87.3 Å². The van der Waals surface area contributed by atoms with Crippen molar-refractivity contribution in [2.75, 3.05) is 19.7 Å². The Balaban J connectivity index is 4.37. The number of aliphatic imine (C=N–C) groups is 1. The first-order valence-electron chi connectivity index (χ1n) is 6.90. The van der Waals surface area contributed by atoms with Crippen molar-refractivity contribution in [1.29, 1.82) is 0 Å². The summed E-state index contributed by atoms with van der Waals surface area (Å²) in [5, 5.41) is 48.1. The molecule has 0 saturated carbocycles. The zero-order valence-corrected chi connectivity index (χ0v) is 12.5. The lowest BCUT2D eigenvalue weighted by Gasteiger charge is -2.21. The number of hydrogen-bond acceptors (Lipinski definition) is 8. The summed E-state index contributed by atoms with van der Waals surface area (Å²) in [6.45, 7) is -1.14. The number of ketones is 1. The number of guanidine groups is 1. The SMILES string of the molecule is NC(N)=NCCCC(NCC(=O)[C@@H](O)[C@H](O)[C@H](O)CO)C(=O)O. The molecule has 0 aromatic carbocycles. The smallest absolute Gasteiger partial charge is 0.320 e. The van der Waals surface area contributed by atoms with E-state index >= 15 is 0 Å². The van der Waals surface area contributed by atoms with Crippen LogP contribution in [0.25, 0.3) is 0 Å². The van der Waals surface area contributed by atoms with Crippen LogP contribution < -0.4 is 16.8 Å². The number of aliphatic hydroxyl groups is 4. The van der Waals surface area contributed by atoms with Gasteiger partial charge in [-0.3, -0.25) is 19.9 Å². The van der Waals surface area contributed by atoms with Crippen molar-refractivity contribution in [2.45, 2.75) is 37.2 Å². The number of Topliss-reactive ketones (excluding diaryl/α,β-unsaturated/α-hetero) is 1. The maximum absolute atomic E-state index is 11.6. The van der Waals surface area contributed by atoms with Gasteiger partial charge in [-0.05, 0) is 12.8 Å². The van der Waals surface area contributed by atoms with Gasteiger partial charge in [-0.2, -0.15) is 0 Å². The molecule has 134 valence electrons. The van der Waals surface area contributed by atoms with Crippen LogP contribution >= 0.6 is 0 Å². The number of carbonyl (C=O) groups is 2. The average molecular weight is 336 g/mol. The fourth-order valence-electron chi connectivity index (χ4n) is 1.65. The molecule has 0 bridgehead atoms. The van der Waals surface area contributed by atoms with E-state index in [1.54, 1.807) is 0 Å². The van der Waals surface area contributed by atoms with Gasteiger partial charge in [-0.1, -0.05) is 0 Å². The van der Waals surface area contributed by atoms with E-state index in [-0.39, 0.29) is 18.9 Å². The lowest BCUT2D eigenvalue weighted by molar-refractivity contribution is -0.141. The number of hydrogen-bond donors (Lipinski definition) is 8. The van der Waals surface area contributed by atoms with E-state index in [1.165, 1.54) is 0 Å². The van der Waals surface area contributed by atoms with Crippen LogP contribution in [0.3, 0.4) is 0 Å². The van der Waals surface area contributed by atoms with Gasteiger partial charge < -0.3 is 37.0 Å². The molecule has 23 heavy (non-hydrogen) atoms. The highest BCUT2D eigenvalue weighted by molar-refractivity contribution is 5.86. The van der Waals surface area contributed by atoms with Gasteiger partial charge >= 0.3 is 5.97 Å². The molecule has 4 atom stereocenters. The van der Waals surface area contributed by atoms with Crippen molar-refractivity contribution in [3.8, 4) is 0 Å². The van der Waals surface area contributed by atoms with Gasteiger partial charge in [0.1, 0.15) is 24.4 Å². The Morgan fingerprint density at radius 2 is 1.78 bits per heavy atom. The van der Waals surface area contributed by atoms with Crippen LogP contribution in [-0.2, 0) is 9.59 Å². The first-order valence-corrected chi connectivity index (χ1v) is 6.90. The predicted molar refractivity (Wildman–Crippen MR) is 79.5 cm³/mol. The van der Waals surface area contributed by atoms with Gasteiger partial charge in [0.15, 0.2) is 11.7 Å². The van der Waals surface area contributed by atoms with Crippen LogP contribution in [0.2, 0.25) is 0 Å². The second-order valence-corrected chi connectivity index (χ2v) is 4.87. The van der Waals surface area contributed by atoms with Crippen molar-refractivity contribution in [2.24, 2.45) is 16.5 Å². The molecule has 10 N–H and O–H groups in total. The molecule has 0 saturated heterocycles. The predicted octanol–water partition coefficient (Wildman–Crippen LogP) is -4.27. The van der Waals surface area contributed by atoms with E-state index < -0.39 is 49.3 Å². The van der Waals surface area contributed by atoms with E-state index in [0.717, 1.165) is 0 Å². The van der Waals surface area contributed by atoms with Crippen LogP contribution in [0.15, 0.2) is 4.99 Å². The lowest BCUT2D eigenvalue weighted by atomic mass is 10.0. The largest absolute Gasteiger partial charge is 0.480 e. The molecule has 0 aliphatic heterocycles. The Morgan fingerprint density at radius 3 is 2.26 bits per heavy atom. The van der Waals surface area contributed by atoms with Crippen molar-refractivity contribution >= 4 is 17.7 Å². The minimum absolute atomic E-state index is 0.112. The molecule has 0 heterocycles. The van der Waals surface area contributed by atoms with E-state index in [0.29, 0.717) is 6.42 Å². The Hall–Kier alpha value is -1.79. The van der Waals surface area contributed by atoms with E-state index in [9.17, 15) is 19.8 Å². The van der Waals surface area contributed by atoms with Crippen molar-refractivity contribution in [3.63, 3.8) is 0 Å². The first-order chi connectivity index (χ1) is 10.7. The third kappa shape index (κ3) is 8.42. The number of rotatable bonds is 12. The van der Waals surface area contributed by atoms with Gasteiger partial charge in [-0.15, -0.1) is 0 Å². The van der Waals surface area contributed by atoms with Crippen LogP contribution in [0.4, 0.5) is 0 Å². The lowest BCUT2D eigenvalue weighted by Crippen LogP contribution is -2.48. The second-order valence-electron chi connectivity index (χ2n) is 4.87. The summed E-state index contributed by atoms with van der Waals surface area (Å²) in [6, 6.07) is -1.07. The quantitative estimate of drug-likeness (QED) is 0.0975. The number of aliphatic carboxylic acids is 1. The summed E-state index contributed by atoms with van der Waals surface area (Å²) < 4.78 is 0. The van der Waals surface area contributed by atoms with Gasteiger partial charge in [-0.25, -0.2) is 0 Å². The Labute approximate surface area is 132 Å². The molecule has 11 nitrogen and oxygen atoms in total. The molecule has 0 aromatic rings. The van der Waals surface area contributed by atoms with E-state index in [1.807, 2.05) is 0 Å². The van der Waals surface area contributed by atoms with Gasteiger partial charge in [0, 0.05) is 6.54 Å². The van der Waals surface area contributed by atoms with Crippen molar-refractivity contribution in [1.82, 2.24) is 5.32 Å². The molecule has 11 heteroatoms. The second kappa shape index (κ2) is 10.9. The highest BCUT2D eigenvalue weighted by Crippen LogP contribution is 2.03. The maximum Gasteiger partial charge on any atom is 0.320 e. The van der Waals surface area contributed by atoms with Crippen molar-refractivity contribution < 1.29 is 35.1 Å². The van der Waals surface area contributed by atoms with Crippen LogP contribution in [0.1, 0.15) is 12.8 Å². The van der Waals surface area contributed by atoms with Crippen LogP contribution in [0.5, 0.6) is 0 Å². The zero-order chi connectivity index (χ0) is 18.0. The Morgan fingerprint density at radius 1 is 1.17 bits per heavy atom. The molecule has 0 spiro atoms. The third-order valence-electron chi connectivity index (χ3n) is 3.00. The van der Waals surface area contributed by atoms with Gasteiger partial charge in [0.2, 0.25) is 0 Å². The number of carboxylic acid groups (broad SMARTS) is 1. The molecule has 0 fully saturated rings. The fourth-order valence-corrected chi connectivity index (χ4v) is 1.65. The minimum atomic E-state index is -1.94. The fraction of sp³-hybridized carbons (Fsp3) is 0.750. The van der Waals surface area contributed by atoms with Crippen LogP contribution in [0, 0.1) is 0 Å². The topological polar surface area (TPSA) is 212 Å². The molecule has 0 aliphatic carbocycles. The summed E-state index contributed by atoms with van der Waals surface area (Å²) in [4.78, 5) is 26.4. The highest BCUT2D eigenvalue weighted by Gasteiger charge is 2.30. The molecular weight excluding hydrogens is 312 g/mol. The number of carbonyl (C=O) groups excluding carboxylic acids is 1. The molecule has 0 radical (unpaired) electrons. The number of aliphatic hydroxyl groups excluding tert-OH is 4. The molecule has 0 rings (SSSR count). The molecular formula is C12H24N4O7. The monoisotopic (exact) mass is 336 g/mol. The highest BCUT2D eigenvalue weighted by atomic mass is 16.4. The Bertz CT molecular complexity index is 414. The standard InChI is InChI=1S/C12H24N4O7/c13-12(14)15-3-1-2-6(11(22)23)16-4-7(18)9(20)10(21)8(19)5-17/h6,8-10,16-17,19-21H,1-5H2,(H,22,23)(H4,13,14,15)/t6?,8-,9-,10-/m1/s1. The molecule has 1 unspecified atom stereocenters. The molecule has 0 aromatic heterocycles. The third-order valence-corrected chi connectivity index (χ3v) is 3.00. The van der Waals surface area contributed by atoms with Gasteiger partial charge in [0.25, 0.3) is 0 Å². The Kier molecular flexibility index (Phi) is 10.0.